The molecule has 6 nitrogen and oxygen atoms in total. The van der Waals surface area contributed by atoms with Crippen LogP contribution in [0, 0.1) is 0 Å². The van der Waals surface area contributed by atoms with Crippen LogP contribution in [0.3, 0.4) is 0 Å². The maximum Gasteiger partial charge on any atom is 2.00 e. The van der Waals surface area contributed by atoms with Crippen molar-refractivity contribution >= 4 is 34.6 Å². The molecule has 0 aromatic rings. The van der Waals surface area contributed by atoms with Crippen molar-refractivity contribution in [2.45, 2.75) is 26.2 Å². The molecule has 0 aliphatic heterocycles. The van der Waals surface area contributed by atoms with Gasteiger partial charge in [0.05, 0.1) is 0 Å². The van der Waals surface area contributed by atoms with E-state index < -0.39 is 35.4 Å². The van der Waals surface area contributed by atoms with E-state index in [1.54, 1.807) is 0 Å². The molecule has 0 aromatic carbocycles. The van der Waals surface area contributed by atoms with Crippen LogP contribution >= 0.6 is 0 Å². The van der Waals surface area contributed by atoms with Crippen LogP contribution in [0.2, 0.25) is 0 Å². The van der Waals surface area contributed by atoms with Gasteiger partial charge < -0.3 is 21.2 Å². The zero-order chi connectivity index (χ0) is 16.7. The maximum absolute atomic E-state index is 11.3. The van der Waals surface area contributed by atoms with Crippen LogP contribution in [-0.4, -0.2) is 57.9 Å². The summed E-state index contributed by atoms with van der Waals surface area (Å²) < 4.78 is 67.7. The van der Waals surface area contributed by atoms with Crippen molar-refractivity contribution < 1.29 is 57.1 Å². The molecule has 0 heterocycles. The van der Waals surface area contributed by atoms with Crippen LogP contribution in [-0.2, 0) is 9.59 Å². The molecule has 0 radical (unpaired) electrons. The van der Waals surface area contributed by atoms with E-state index in [1.807, 2.05) is 0 Å². The molecule has 13 heteroatoms. The SMILES string of the molecule is CC([O-])=CC(=O)C(F)(F)F.CC([O-])=CC(=O)C(F)(F)F.O.O.[Mg+2]. The van der Waals surface area contributed by atoms with Crippen LogP contribution in [0.1, 0.15) is 13.8 Å². The molecule has 132 valence electrons. The van der Waals surface area contributed by atoms with Gasteiger partial charge in [0.1, 0.15) is 0 Å². The predicted molar refractivity (Wildman–Crippen MR) is 62.6 cm³/mol. The van der Waals surface area contributed by atoms with Gasteiger partial charge >= 0.3 is 35.4 Å². The Bertz CT molecular complexity index is 379. The molecule has 0 unspecified atom stereocenters. The van der Waals surface area contributed by atoms with Crippen molar-refractivity contribution in [1.82, 2.24) is 0 Å². The third-order valence-electron chi connectivity index (χ3n) is 1.23. The number of alkyl halides is 6. The minimum atomic E-state index is -4.92. The molecular weight excluding hydrogens is 354 g/mol. The molecule has 0 saturated heterocycles. The first-order valence-electron chi connectivity index (χ1n) is 4.61. The summed E-state index contributed by atoms with van der Waals surface area (Å²) in [5.41, 5.74) is 0. The molecule has 0 aromatic heterocycles. The smallest absolute Gasteiger partial charge is 0.876 e. The van der Waals surface area contributed by atoms with Gasteiger partial charge in [-0.25, -0.2) is 0 Å². The molecule has 0 aliphatic carbocycles. The van der Waals surface area contributed by atoms with Gasteiger partial charge in [-0.1, -0.05) is 13.8 Å². The topological polar surface area (TPSA) is 143 Å². The summed E-state index contributed by atoms with van der Waals surface area (Å²) in [6.07, 6.45) is -9.82. The normalized spacial score (nSPS) is 11.7. The number of hydrogen-bond donors (Lipinski definition) is 0. The summed E-state index contributed by atoms with van der Waals surface area (Å²) in [7, 11) is 0. The van der Waals surface area contributed by atoms with E-state index in [0.29, 0.717) is 0 Å². The van der Waals surface area contributed by atoms with E-state index in [9.17, 15) is 46.1 Å². The molecule has 23 heavy (non-hydrogen) atoms. The van der Waals surface area contributed by atoms with Crippen LogP contribution in [0.4, 0.5) is 26.3 Å². The van der Waals surface area contributed by atoms with E-state index in [0.717, 1.165) is 13.8 Å². The minimum Gasteiger partial charge on any atom is -0.876 e. The second-order valence-electron chi connectivity index (χ2n) is 3.23. The van der Waals surface area contributed by atoms with E-state index in [-0.39, 0.29) is 46.2 Å². The van der Waals surface area contributed by atoms with E-state index in [4.69, 9.17) is 0 Å². The number of halogens is 6. The zero-order valence-corrected chi connectivity index (χ0v) is 13.2. The molecule has 0 atom stereocenters. The second-order valence-corrected chi connectivity index (χ2v) is 3.23. The number of ketones is 2. The largest absolute Gasteiger partial charge is 2.00 e. The third-order valence-corrected chi connectivity index (χ3v) is 1.23. The molecule has 0 spiro atoms. The Morgan fingerprint density at radius 3 is 0.957 bits per heavy atom. The van der Waals surface area contributed by atoms with Gasteiger partial charge in [-0.2, -0.15) is 26.3 Å². The molecule has 0 rings (SSSR count). The average Bonchev–Trinajstić information content (AvgIpc) is 2.13. The third kappa shape index (κ3) is 20.7. The summed E-state index contributed by atoms with van der Waals surface area (Å²) in [4.78, 5) is 19.7. The van der Waals surface area contributed by atoms with Crippen molar-refractivity contribution in [3.63, 3.8) is 0 Å². The Morgan fingerprint density at radius 2 is 0.913 bits per heavy atom. The summed E-state index contributed by atoms with van der Waals surface area (Å²) in [6.45, 7) is 1.76. The predicted octanol–water partition coefficient (Wildman–Crippen LogP) is -1.27. The first kappa shape index (κ1) is 33.3. The van der Waals surface area contributed by atoms with Crippen LogP contribution in [0.15, 0.2) is 23.7 Å². The van der Waals surface area contributed by atoms with Crippen molar-refractivity contribution in [3.05, 3.63) is 23.7 Å². The Morgan fingerprint density at radius 1 is 0.739 bits per heavy atom. The van der Waals surface area contributed by atoms with Crippen LogP contribution < -0.4 is 10.2 Å². The molecule has 4 N–H and O–H groups in total. The Labute approximate surface area is 142 Å². The zero-order valence-electron chi connectivity index (χ0n) is 11.8. The second kappa shape index (κ2) is 13.2. The molecule has 0 fully saturated rings. The number of allylic oxidation sites excluding steroid dienone is 4. The van der Waals surface area contributed by atoms with Crippen molar-refractivity contribution in [3.8, 4) is 0 Å². The first-order chi connectivity index (χ1) is 8.67. The molecule has 0 saturated carbocycles. The Hall–Kier alpha value is -1.31. The van der Waals surface area contributed by atoms with Crippen molar-refractivity contribution in [2.75, 3.05) is 0 Å². The van der Waals surface area contributed by atoms with Gasteiger partial charge in [-0.15, -0.1) is 11.5 Å². The monoisotopic (exact) mass is 366 g/mol. The average molecular weight is 366 g/mol. The van der Waals surface area contributed by atoms with E-state index >= 15 is 0 Å². The van der Waals surface area contributed by atoms with Crippen LogP contribution in [0.5, 0.6) is 0 Å². The van der Waals surface area contributed by atoms with E-state index in [1.165, 1.54) is 0 Å². The van der Waals surface area contributed by atoms with Gasteiger partial charge in [-0.3, -0.25) is 9.59 Å². The Kier molecular flexibility index (Phi) is 19.1. The number of rotatable bonds is 2. The molecule has 0 bridgehead atoms. The fraction of sp³-hybridized carbons (Fsp3) is 0.400. The number of carbonyl (C=O) groups excluding carboxylic acids is 2. The summed E-state index contributed by atoms with van der Waals surface area (Å²) in [5.74, 6) is -6.02. The fourth-order valence-electron chi connectivity index (χ4n) is 0.533. The van der Waals surface area contributed by atoms with Crippen LogP contribution in [0.25, 0.3) is 0 Å². The quantitative estimate of drug-likeness (QED) is 0.260. The molecule has 0 amide bonds. The van der Waals surface area contributed by atoms with Gasteiger partial charge in [-0.05, 0) is 12.2 Å². The molecular formula is C10H12F6MgO6. The first-order valence-corrected chi connectivity index (χ1v) is 4.61. The van der Waals surface area contributed by atoms with Crippen molar-refractivity contribution in [1.29, 1.82) is 0 Å². The van der Waals surface area contributed by atoms with Gasteiger partial charge in [0.2, 0.25) is 0 Å². The maximum atomic E-state index is 11.3. The number of hydrogen-bond acceptors (Lipinski definition) is 4. The van der Waals surface area contributed by atoms with Gasteiger partial charge in [0.25, 0.3) is 11.6 Å². The van der Waals surface area contributed by atoms with Crippen molar-refractivity contribution in [2.24, 2.45) is 0 Å². The van der Waals surface area contributed by atoms with Gasteiger partial charge in [0, 0.05) is 0 Å². The Balaban J connectivity index is -0.0000000831. The number of carbonyl (C=O) groups is 2. The summed E-state index contributed by atoms with van der Waals surface area (Å²) in [6, 6.07) is 0. The summed E-state index contributed by atoms with van der Waals surface area (Å²) in [5, 5.41) is 19.8. The summed E-state index contributed by atoms with van der Waals surface area (Å²) >= 11 is 0. The standard InChI is InChI=1S/2C5H5F3O2.Mg.2H2O/c2*1-3(9)2-4(10)5(6,7)8;;;/h2*2,9H,1H3;;2*1H2/q;;+2;;/p-2. The van der Waals surface area contributed by atoms with Gasteiger partial charge in [0.15, 0.2) is 0 Å². The fourth-order valence-corrected chi connectivity index (χ4v) is 0.533. The minimum absolute atomic E-state index is 0. The molecule has 0 aliphatic rings. The van der Waals surface area contributed by atoms with E-state index in [2.05, 4.69) is 0 Å².